The SMILES string of the molecule is Cc1cccc(NCC2CCN(Cc3ccccn3)C2)n1. The van der Waals surface area contributed by atoms with Crippen LogP contribution in [-0.4, -0.2) is 34.5 Å². The molecule has 0 amide bonds. The van der Waals surface area contributed by atoms with E-state index < -0.39 is 0 Å². The molecule has 0 radical (unpaired) electrons. The van der Waals surface area contributed by atoms with Crippen molar-refractivity contribution in [3.05, 3.63) is 54.0 Å². The van der Waals surface area contributed by atoms with Crippen molar-refractivity contribution in [2.24, 2.45) is 5.92 Å². The lowest BCUT2D eigenvalue weighted by Crippen LogP contribution is -2.23. The van der Waals surface area contributed by atoms with E-state index in [1.165, 1.54) is 6.42 Å². The highest BCUT2D eigenvalue weighted by atomic mass is 15.2. The molecule has 21 heavy (non-hydrogen) atoms. The van der Waals surface area contributed by atoms with Gasteiger partial charge in [-0.1, -0.05) is 12.1 Å². The zero-order valence-corrected chi connectivity index (χ0v) is 12.5. The summed E-state index contributed by atoms with van der Waals surface area (Å²) >= 11 is 0. The predicted octanol–water partition coefficient (Wildman–Crippen LogP) is 2.72. The van der Waals surface area contributed by atoms with Gasteiger partial charge in [-0.3, -0.25) is 9.88 Å². The molecule has 0 aromatic carbocycles. The number of pyridine rings is 2. The zero-order chi connectivity index (χ0) is 14.5. The average Bonchev–Trinajstić information content (AvgIpc) is 2.94. The van der Waals surface area contributed by atoms with Crippen LogP contribution < -0.4 is 5.32 Å². The van der Waals surface area contributed by atoms with E-state index in [-0.39, 0.29) is 0 Å². The monoisotopic (exact) mass is 282 g/mol. The van der Waals surface area contributed by atoms with Crippen molar-refractivity contribution in [2.75, 3.05) is 25.0 Å². The number of hydrogen-bond acceptors (Lipinski definition) is 4. The Balaban J connectivity index is 1.46. The molecule has 0 bridgehead atoms. The molecule has 2 aromatic rings. The van der Waals surface area contributed by atoms with E-state index >= 15 is 0 Å². The van der Waals surface area contributed by atoms with Gasteiger partial charge in [-0.25, -0.2) is 4.98 Å². The van der Waals surface area contributed by atoms with Gasteiger partial charge in [0.1, 0.15) is 5.82 Å². The highest BCUT2D eigenvalue weighted by molar-refractivity contribution is 5.35. The van der Waals surface area contributed by atoms with E-state index in [4.69, 9.17) is 0 Å². The number of nitrogens with one attached hydrogen (secondary N) is 1. The molecular weight excluding hydrogens is 260 g/mol. The molecular formula is C17H22N4. The smallest absolute Gasteiger partial charge is 0.126 e. The number of aromatic nitrogens is 2. The summed E-state index contributed by atoms with van der Waals surface area (Å²) in [5.74, 6) is 1.68. The molecule has 1 unspecified atom stereocenters. The van der Waals surface area contributed by atoms with Crippen LogP contribution in [0.1, 0.15) is 17.8 Å². The predicted molar refractivity (Wildman–Crippen MR) is 85.1 cm³/mol. The number of hydrogen-bond donors (Lipinski definition) is 1. The molecule has 4 nitrogen and oxygen atoms in total. The number of anilines is 1. The molecule has 1 atom stereocenters. The van der Waals surface area contributed by atoms with Crippen LogP contribution in [0.4, 0.5) is 5.82 Å². The average molecular weight is 282 g/mol. The van der Waals surface area contributed by atoms with E-state index in [9.17, 15) is 0 Å². The van der Waals surface area contributed by atoms with E-state index in [2.05, 4.69) is 32.3 Å². The van der Waals surface area contributed by atoms with Crippen LogP contribution in [0.3, 0.4) is 0 Å². The molecule has 1 saturated heterocycles. The fourth-order valence-electron chi connectivity index (χ4n) is 2.83. The van der Waals surface area contributed by atoms with Crippen LogP contribution in [0, 0.1) is 12.8 Å². The summed E-state index contributed by atoms with van der Waals surface area (Å²) in [5.41, 5.74) is 2.22. The van der Waals surface area contributed by atoms with Crippen LogP contribution in [0.2, 0.25) is 0 Å². The third-order valence-corrected chi connectivity index (χ3v) is 3.94. The third-order valence-electron chi connectivity index (χ3n) is 3.94. The van der Waals surface area contributed by atoms with Gasteiger partial charge < -0.3 is 5.32 Å². The molecule has 1 fully saturated rings. The lowest BCUT2D eigenvalue weighted by molar-refractivity contribution is 0.315. The Labute approximate surface area is 126 Å². The highest BCUT2D eigenvalue weighted by Crippen LogP contribution is 2.18. The normalized spacial score (nSPS) is 18.8. The first kappa shape index (κ1) is 14.0. The first-order valence-electron chi connectivity index (χ1n) is 7.59. The Kier molecular flexibility index (Phi) is 4.46. The lowest BCUT2D eigenvalue weighted by atomic mass is 10.1. The second-order valence-electron chi connectivity index (χ2n) is 5.76. The van der Waals surface area contributed by atoms with Crippen molar-refractivity contribution in [3.63, 3.8) is 0 Å². The minimum Gasteiger partial charge on any atom is -0.370 e. The first-order chi connectivity index (χ1) is 10.3. The number of rotatable bonds is 5. The highest BCUT2D eigenvalue weighted by Gasteiger charge is 2.22. The molecule has 3 rings (SSSR count). The molecule has 2 aromatic heterocycles. The third kappa shape index (κ3) is 4.02. The van der Waals surface area contributed by atoms with Crippen molar-refractivity contribution in [1.29, 1.82) is 0 Å². The summed E-state index contributed by atoms with van der Waals surface area (Å²) in [6, 6.07) is 12.2. The molecule has 110 valence electrons. The molecule has 1 N–H and O–H groups in total. The van der Waals surface area contributed by atoms with Crippen LogP contribution in [0.25, 0.3) is 0 Å². The van der Waals surface area contributed by atoms with Crippen molar-refractivity contribution >= 4 is 5.82 Å². The van der Waals surface area contributed by atoms with Gasteiger partial charge >= 0.3 is 0 Å². The van der Waals surface area contributed by atoms with Crippen molar-refractivity contribution in [1.82, 2.24) is 14.9 Å². The summed E-state index contributed by atoms with van der Waals surface area (Å²) < 4.78 is 0. The topological polar surface area (TPSA) is 41.0 Å². The quantitative estimate of drug-likeness (QED) is 0.915. The van der Waals surface area contributed by atoms with Crippen molar-refractivity contribution < 1.29 is 0 Å². The van der Waals surface area contributed by atoms with Gasteiger partial charge in [-0.2, -0.15) is 0 Å². The molecule has 0 aliphatic carbocycles. The van der Waals surface area contributed by atoms with Crippen molar-refractivity contribution in [3.8, 4) is 0 Å². The standard InChI is InChI=1S/C17H22N4/c1-14-5-4-7-17(20-14)19-11-15-8-10-21(12-15)13-16-6-2-3-9-18-16/h2-7,9,15H,8,10-13H2,1H3,(H,19,20). The number of aryl methyl sites for hydroxylation is 1. The summed E-state index contributed by atoms with van der Waals surface area (Å²) in [7, 11) is 0. The van der Waals surface area contributed by atoms with Gasteiger partial charge in [0, 0.05) is 31.5 Å². The Bertz CT molecular complexity index is 570. The van der Waals surface area contributed by atoms with Gasteiger partial charge in [-0.15, -0.1) is 0 Å². The molecule has 1 aliphatic rings. The first-order valence-corrected chi connectivity index (χ1v) is 7.59. The molecule has 4 heteroatoms. The van der Waals surface area contributed by atoms with E-state index in [0.29, 0.717) is 5.92 Å². The minimum absolute atomic E-state index is 0.691. The van der Waals surface area contributed by atoms with Crippen molar-refractivity contribution in [2.45, 2.75) is 19.9 Å². The van der Waals surface area contributed by atoms with Gasteiger partial charge in [0.25, 0.3) is 0 Å². The maximum atomic E-state index is 4.49. The zero-order valence-electron chi connectivity index (χ0n) is 12.5. The summed E-state index contributed by atoms with van der Waals surface area (Å²) in [4.78, 5) is 11.4. The number of likely N-dealkylation sites (tertiary alicyclic amines) is 1. The fraction of sp³-hybridized carbons (Fsp3) is 0.412. The van der Waals surface area contributed by atoms with E-state index in [0.717, 1.165) is 43.4 Å². The lowest BCUT2D eigenvalue weighted by Gasteiger charge is -2.16. The number of nitrogens with zero attached hydrogens (tertiary/aromatic N) is 3. The molecule has 3 heterocycles. The van der Waals surface area contributed by atoms with Crippen LogP contribution in [0.15, 0.2) is 42.6 Å². The largest absolute Gasteiger partial charge is 0.370 e. The van der Waals surface area contributed by atoms with Crippen LogP contribution >= 0.6 is 0 Å². The Morgan fingerprint density at radius 2 is 2.19 bits per heavy atom. The minimum atomic E-state index is 0.691. The van der Waals surface area contributed by atoms with Crippen LogP contribution in [-0.2, 0) is 6.54 Å². The van der Waals surface area contributed by atoms with Gasteiger partial charge in [0.15, 0.2) is 0 Å². The van der Waals surface area contributed by atoms with E-state index in [1.54, 1.807) is 0 Å². The summed E-state index contributed by atoms with van der Waals surface area (Å²) in [6.07, 6.45) is 3.11. The Hall–Kier alpha value is -1.94. The maximum absolute atomic E-state index is 4.49. The fourth-order valence-corrected chi connectivity index (χ4v) is 2.83. The van der Waals surface area contributed by atoms with Gasteiger partial charge in [-0.05, 0) is 50.1 Å². The molecule has 0 saturated carbocycles. The second-order valence-corrected chi connectivity index (χ2v) is 5.76. The maximum Gasteiger partial charge on any atom is 0.126 e. The summed E-state index contributed by atoms with van der Waals surface area (Å²) in [6.45, 7) is 6.27. The molecule has 0 spiro atoms. The Morgan fingerprint density at radius 1 is 1.24 bits per heavy atom. The van der Waals surface area contributed by atoms with Gasteiger partial charge in [0.05, 0.1) is 5.69 Å². The summed E-state index contributed by atoms with van der Waals surface area (Å²) in [5, 5.41) is 3.46. The second kappa shape index (κ2) is 6.68. The molecule has 1 aliphatic heterocycles. The van der Waals surface area contributed by atoms with E-state index in [1.807, 2.05) is 37.4 Å². The Morgan fingerprint density at radius 3 is 3.00 bits per heavy atom. The van der Waals surface area contributed by atoms with Gasteiger partial charge in [0.2, 0.25) is 0 Å². The van der Waals surface area contributed by atoms with Crippen LogP contribution in [0.5, 0.6) is 0 Å².